The average molecular weight is 605 g/mol. The molecule has 5 rings (SSSR count). The molecule has 2 aromatic carbocycles. The summed E-state index contributed by atoms with van der Waals surface area (Å²) in [4.78, 5) is 43.5. The Balaban J connectivity index is 1.33. The zero-order valence-electron chi connectivity index (χ0n) is 26.5. The normalized spacial score (nSPS) is 22.9. The van der Waals surface area contributed by atoms with Crippen LogP contribution in [0, 0.1) is 23.1 Å². The number of hydrogen-bond donors (Lipinski definition) is 3. The Bertz CT molecular complexity index is 1320. The Morgan fingerprint density at radius 1 is 0.977 bits per heavy atom. The van der Waals surface area contributed by atoms with Gasteiger partial charge >= 0.3 is 0 Å². The van der Waals surface area contributed by atoms with Gasteiger partial charge in [0.05, 0.1) is 11.3 Å². The second-order valence-electron chi connectivity index (χ2n) is 14.3. The van der Waals surface area contributed by atoms with Crippen LogP contribution in [0.2, 0.25) is 0 Å². The molecule has 0 unspecified atom stereocenters. The van der Waals surface area contributed by atoms with Crippen molar-refractivity contribution in [2.45, 2.75) is 103 Å². The summed E-state index contributed by atoms with van der Waals surface area (Å²) in [5.41, 5.74) is 8.66. The van der Waals surface area contributed by atoms with Crippen LogP contribution >= 0.6 is 0 Å². The van der Waals surface area contributed by atoms with Crippen molar-refractivity contribution in [3.05, 3.63) is 71.0 Å². The third-order valence-corrected chi connectivity index (χ3v) is 10.2. The predicted octanol–water partition coefficient (Wildman–Crippen LogP) is 5.22. The number of rotatable bonds is 7. The topological polar surface area (TPSA) is 105 Å². The van der Waals surface area contributed by atoms with Crippen LogP contribution in [0.3, 0.4) is 0 Å². The van der Waals surface area contributed by atoms with E-state index in [0.29, 0.717) is 38.3 Å². The van der Waals surface area contributed by atoms with E-state index in [9.17, 15) is 18.8 Å². The summed E-state index contributed by atoms with van der Waals surface area (Å²) in [5, 5.41) is 6.33. The molecule has 7 nitrogen and oxygen atoms in total. The number of carbonyl (C=O) groups is 3. The summed E-state index contributed by atoms with van der Waals surface area (Å²) >= 11 is 0. The molecule has 1 heterocycles. The highest BCUT2D eigenvalue weighted by atomic mass is 19.1. The van der Waals surface area contributed by atoms with Gasteiger partial charge in [0.15, 0.2) is 0 Å². The maximum Gasteiger partial charge on any atom is 0.245 e. The highest BCUT2D eigenvalue weighted by Gasteiger charge is 2.49. The van der Waals surface area contributed by atoms with Gasteiger partial charge in [0.1, 0.15) is 11.9 Å². The molecule has 8 heteroatoms. The van der Waals surface area contributed by atoms with Crippen LogP contribution in [-0.2, 0) is 27.2 Å². The number of benzene rings is 2. The Morgan fingerprint density at radius 3 is 2.30 bits per heavy atom. The SMILES string of the molecule is CC(C)(C)NC(=O)C1(C2CCCCC2)CCN(C(=O)[C@@H](Cc2ccc(F)cc2)NC(=O)[C@H]2CCc3ccccc3[C@H]2N)CC1. The number of likely N-dealkylation sites (tertiary alicyclic amines) is 1. The molecule has 0 aromatic heterocycles. The number of nitrogens with one attached hydrogen (secondary N) is 2. The monoisotopic (exact) mass is 604 g/mol. The lowest BCUT2D eigenvalue weighted by atomic mass is 9.63. The highest BCUT2D eigenvalue weighted by Crippen LogP contribution is 2.46. The number of nitrogens with two attached hydrogens (primary N) is 1. The summed E-state index contributed by atoms with van der Waals surface area (Å²) in [6, 6.07) is 12.7. The zero-order valence-corrected chi connectivity index (χ0v) is 26.5. The lowest BCUT2D eigenvalue weighted by Gasteiger charge is -2.48. The summed E-state index contributed by atoms with van der Waals surface area (Å²) in [5.74, 6) is -0.787. The first-order chi connectivity index (χ1) is 21.0. The van der Waals surface area contributed by atoms with Gasteiger partial charge < -0.3 is 21.3 Å². The molecular weight excluding hydrogens is 555 g/mol. The molecule has 3 aliphatic rings. The molecule has 2 aliphatic carbocycles. The number of carbonyl (C=O) groups excluding carboxylic acids is 3. The van der Waals surface area contributed by atoms with Crippen LogP contribution in [0.15, 0.2) is 48.5 Å². The summed E-state index contributed by atoms with van der Waals surface area (Å²) in [7, 11) is 0. The number of hydrogen-bond acceptors (Lipinski definition) is 4. The van der Waals surface area contributed by atoms with Gasteiger partial charge in [0, 0.05) is 31.1 Å². The predicted molar refractivity (Wildman–Crippen MR) is 170 cm³/mol. The van der Waals surface area contributed by atoms with Gasteiger partial charge in [-0.15, -0.1) is 0 Å². The van der Waals surface area contributed by atoms with E-state index in [0.717, 1.165) is 48.8 Å². The minimum atomic E-state index is -0.817. The number of fused-ring (bicyclic) bond motifs is 1. The van der Waals surface area contributed by atoms with Crippen molar-refractivity contribution in [2.75, 3.05) is 13.1 Å². The van der Waals surface area contributed by atoms with Crippen LogP contribution in [0.5, 0.6) is 0 Å². The van der Waals surface area contributed by atoms with Gasteiger partial charge in [-0.1, -0.05) is 55.7 Å². The van der Waals surface area contributed by atoms with Crippen LogP contribution in [0.1, 0.15) is 94.9 Å². The first kappa shape index (κ1) is 32.1. The largest absolute Gasteiger partial charge is 0.351 e. The Hall–Kier alpha value is -3.26. The van der Waals surface area contributed by atoms with E-state index in [2.05, 4.69) is 16.7 Å². The van der Waals surface area contributed by atoms with Crippen molar-refractivity contribution in [3.8, 4) is 0 Å². The van der Waals surface area contributed by atoms with E-state index in [1.165, 1.54) is 18.6 Å². The number of nitrogens with zero attached hydrogens (tertiary/aromatic N) is 1. The molecule has 4 N–H and O–H groups in total. The second-order valence-corrected chi connectivity index (χ2v) is 14.3. The van der Waals surface area contributed by atoms with E-state index in [-0.39, 0.29) is 35.5 Å². The van der Waals surface area contributed by atoms with Crippen molar-refractivity contribution >= 4 is 17.7 Å². The standard InChI is InChI=1S/C36H49FN4O3/c1-35(2,3)40-34(44)36(26-10-5-4-6-11-26)19-21-41(22-20-36)33(43)30(23-24-13-16-27(37)17-14-24)39-32(42)29-18-15-25-9-7-8-12-28(25)31(29)38/h7-9,12-14,16-17,26,29-31H,4-6,10-11,15,18-23,38H2,1-3H3,(H,39,42)(H,40,44)/t29-,30+,31+/m0/s1. The van der Waals surface area contributed by atoms with E-state index < -0.39 is 23.4 Å². The van der Waals surface area contributed by atoms with Crippen molar-refractivity contribution in [2.24, 2.45) is 23.0 Å². The molecule has 0 spiro atoms. The lowest BCUT2D eigenvalue weighted by molar-refractivity contribution is -0.147. The maximum absolute atomic E-state index is 14.2. The van der Waals surface area contributed by atoms with Crippen LogP contribution in [0.4, 0.5) is 4.39 Å². The van der Waals surface area contributed by atoms with Crippen LogP contribution < -0.4 is 16.4 Å². The van der Waals surface area contributed by atoms with Gasteiger partial charge in [0.2, 0.25) is 17.7 Å². The summed E-state index contributed by atoms with van der Waals surface area (Å²) in [6.45, 7) is 6.95. The molecule has 1 saturated heterocycles. The first-order valence-electron chi connectivity index (χ1n) is 16.5. The smallest absolute Gasteiger partial charge is 0.245 e. The van der Waals surface area contributed by atoms with Crippen molar-refractivity contribution in [3.63, 3.8) is 0 Å². The summed E-state index contributed by atoms with van der Waals surface area (Å²) in [6.07, 6.45) is 8.38. The Morgan fingerprint density at radius 2 is 1.64 bits per heavy atom. The fourth-order valence-electron chi connectivity index (χ4n) is 7.71. The minimum Gasteiger partial charge on any atom is -0.351 e. The zero-order chi connectivity index (χ0) is 31.5. The fourth-order valence-corrected chi connectivity index (χ4v) is 7.71. The number of aryl methyl sites for hydroxylation is 1. The molecule has 0 radical (unpaired) electrons. The number of piperidine rings is 1. The van der Waals surface area contributed by atoms with Crippen LogP contribution in [0.25, 0.3) is 0 Å². The molecule has 1 aliphatic heterocycles. The third-order valence-electron chi connectivity index (χ3n) is 10.2. The number of halogens is 1. The maximum atomic E-state index is 14.2. The average Bonchev–Trinajstić information content (AvgIpc) is 3.01. The van der Waals surface area contributed by atoms with Crippen molar-refractivity contribution in [1.82, 2.24) is 15.5 Å². The molecule has 2 aromatic rings. The quantitative estimate of drug-likeness (QED) is 0.403. The Kier molecular flexibility index (Phi) is 9.78. The second kappa shape index (κ2) is 13.4. The molecule has 238 valence electrons. The van der Waals surface area contributed by atoms with Crippen molar-refractivity contribution < 1.29 is 18.8 Å². The minimum absolute atomic E-state index is 0.103. The molecule has 1 saturated carbocycles. The van der Waals surface area contributed by atoms with E-state index in [1.807, 2.05) is 43.9 Å². The number of amides is 3. The summed E-state index contributed by atoms with van der Waals surface area (Å²) < 4.78 is 13.7. The van der Waals surface area contributed by atoms with Crippen molar-refractivity contribution in [1.29, 1.82) is 0 Å². The fraction of sp³-hybridized carbons (Fsp3) is 0.583. The van der Waals surface area contributed by atoms with Gasteiger partial charge in [-0.25, -0.2) is 4.39 Å². The van der Waals surface area contributed by atoms with Gasteiger partial charge in [-0.2, -0.15) is 0 Å². The molecule has 3 amide bonds. The molecular formula is C36H49FN4O3. The third kappa shape index (κ3) is 7.17. The van der Waals surface area contributed by atoms with Gasteiger partial charge in [-0.05, 0) is 94.0 Å². The molecule has 0 bridgehead atoms. The van der Waals surface area contributed by atoms with E-state index in [4.69, 9.17) is 5.73 Å². The molecule has 2 fully saturated rings. The molecule has 44 heavy (non-hydrogen) atoms. The highest BCUT2D eigenvalue weighted by molar-refractivity contribution is 5.90. The van der Waals surface area contributed by atoms with E-state index >= 15 is 0 Å². The van der Waals surface area contributed by atoms with Crippen LogP contribution in [-0.4, -0.2) is 47.3 Å². The van der Waals surface area contributed by atoms with Gasteiger partial charge in [-0.3, -0.25) is 14.4 Å². The lowest BCUT2D eigenvalue weighted by Crippen LogP contribution is -2.59. The first-order valence-corrected chi connectivity index (χ1v) is 16.5. The van der Waals surface area contributed by atoms with E-state index in [1.54, 1.807) is 12.1 Å². The molecule has 3 atom stereocenters. The Labute approximate surface area is 261 Å². The van der Waals surface area contributed by atoms with Gasteiger partial charge in [0.25, 0.3) is 0 Å².